The highest BCUT2D eigenvalue weighted by Crippen LogP contribution is 2.18. The fourth-order valence-electron chi connectivity index (χ4n) is 2.72. The molecule has 0 amide bonds. The molecule has 0 spiro atoms. The summed E-state index contributed by atoms with van der Waals surface area (Å²) in [5.74, 6) is 0.284. The van der Waals surface area contributed by atoms with E-state index in [1.165, 1.54) is 0 Å². The van der Waals surface area contributed by atoms with Crippen molar-refractivity contribution < 1.29 is 8.78 Å². The van der Waals surface area contributed by atoms with E-state index < -0.39 is 11.6 Å². The van der Waals surface area contributed by atoms with Crippen molar-refractivity contribution in [2.75, 3.05) is 42.9 Å². The first-order valence-electron chi connectivity index (χ1n) is 7.99. The summed E-state index contributed by atoms with van der Waals surface area (Å²) in [5.41, 5.74) is 0.0786. The molecule has 0 unspecified atom stereocenters. The minimum atomic E-state index is -0.594. The van der Waals surface area contributed by atoms with Gasteiger partial charge in [-0.3, -0.25) is 9.88 Å². The van der Waals surface area contributed by atoms with Crippen LogP contribution in [0.2, 0.25) is 0 Å². The van der Waals surface area contributed by atoms with Crippen molar-refractivity contribution in [1.29, 1.82) is 0 Å². The molecule has 6 nitrogen and oxygen atoms in total. The molecule has 0 bridgehead atoms. The van der Waals surface area contributed by atoms with Gasteiger partial charge in [0, 0.05) is 51.0 Å². The maximum absolute atomic E-state index is 13.7. The molecule has 3 rings (SSSR count). The van der Waals surface area contributed by atoms with Gasteiger partial charge < -0.3 is 10.2 Å². The zero-order valence-corrected chi connectivity index (χ0v) is 13.5. The lowest BCUT2D eigenvalue weighted by molar-refractivity contribution is 0.242. The molecule has 2 aromatic rings. The van der Waals surface area contributed by atoms with Crippen LogP contribution in [0.3, 0.4) is 0 Å². The summed E-state index contributed by atoms with van der Waals surface area (Å²) in [6.07, 6.45) is 3.84. The fraction of sp³-hybridized carbons (Fsp3) is 0.438. The lowest BCUT2D eigenvalue weighted by Gasteiger charge is -2.35. The van der Waals surface area contributed by atoms with Crippen LogP contribution in [0, 0.1) is 11.6 Å². The van der Waals surface area contributed by atoms with Crippen molar-refractivity contribution in [3.63, 3.8) is 0 Å². The van der Waals surface area contributed by atoms with Crippen LogP contribution in [0.15, 0.2) is 24.7 Å². The lowest BCUT2D eigenvalue weighted by Crippen LogP contribution is -2.46. The van der Waals surface area contributed by atoms with Gasteiger partial charge in [-0.2, -0.15) is 4.98 Å². The van der Waals surface area contributed by atoms with E-state index in [0.717, 1.165) is 37.8 Å². The molecule has 1 aliphatic rings. The van der Waals surface area contributed by atoms with Crippen molar-refractivity contribution in [3.05, 3.63) is 41.9 Å². The van der Waals surface area contributed by atoms with Gasteiger partial charge in [0.1, 0.15) is 17.5 Å². The first-order chi connectivity index (χ1) is 11.7. The summed E-state index contributed by atoms with van der Waals surface area (Å²) in [6, 6.07) is 1.87. The zero-order chi connectivity index (χ0) is 16.9. The SMILES string of the molecule is CCNc1nccc(N2CCN(Cc3c(F)cncc3F)CC2)n1. The minimum absolute atomic E-state index is 0.0786. The number of rotatable bonds is 5. The highest BCUT2D eigenvalue weighted by Gasteiger charge is 2.21. The van der Waals surface area contributed by atoms with Crippen molar-refractivity contribution in [2.24, 2.45) is 0 Å². The monoisotopic (exact) mass is 334 g/mol. The Morgan fingerprint density at radius 3 is 2.50 bits per heavy atom. The number of hydrogen-bond acceptors (Lipinski definition) is 6. The molecular weight excluding hydrogens is 314 g/mol. The molecule has 0 atom stereocenters. The Bertz CT molecular complexity index is 668. The van der Waals surface area contributed by atoms with Crippen LogP contribution in [0.25, 0.3) is 0 Å². The molecule has 1 fully saturated rings. The second-order valence-corrected chi connectivity index (χ2v) is 5.61. The predicted octanol–water partition coefficient (Wildman–Crippen LogP) is 1.90. The third kappa shape index (κ3) is 3.76. The average Bonchev–Trinajstić information content (AvgIpc) is 2.59. The zero-order valence-electron chi connectivity index (χ0n) is 13.5. The number of anilines is 2. The molecular formula is C16H20F2N6. The van der Waals surface area contributed by atoms with Gasteiger partial charge >= 0.3 is 0 Å². The molecule has 1 aliphatic heterocycles. The predicted molar refractivity (Wildman–Crippen MR) is 87.8 cm³/mol. The number of pyridine rings is 1. The molecule has 0 saturated carbocycles. The summed E-state index contributed by atoms with van der Waals surface area (Å²) in [7, 11) is 0. The quantitative estimate of drug-likeness (QED) is 0.901. The molecule has 1 saturated heterocycles. The third-order valence-corrected chi connectivity index (χ3v) is 4.01. The van der Waals surface area contributed by atoms with Crippen molar-refractivity contribution in [1.82, 2.24) is 19.9 Å². The van der Waals surface area contributed by atoms with Crippen LogP contribution in [0.4, 0.5) is 20.5 Å². The van der Waals surface area contributed by atoms with E-state index >= 15 is 0 Å². The molecule has 3 heterocycles. The van der Waals surface area contributed by atoms with E-state index in [1.807, 2.05) is 17.9 Å². The average molecular weight is 334 g/mol. The molecule has 24 heavy (non-hydrogen) atoms. The van der Waals surface area contributed by atoms with Gasteiger partial charge in [0.05, 0.1) is 12.4 Å². The van der Waals surface area contributed by atoms with Gasteiger partial charge in [-0.1, -0.05) is 0 Å². The third-order valence-electron chi connectivity index (χ3n) is 4.01. The Labute approximate surface area is 139 Å². The molecule has 8 heteroatoms. The Kier molecular flexibility index (Phi) is 5.14. The van der Waals surface area contributed by atoms with Crippen LogP contribution in [0.5, 0.6) is 0 Å². The number of halogens is 2. The van der Waals surface area contributed by atoms with Crippen LogP contribution in [-0.2, 0) is 6.54 Å². The van der Waals surface area contributed by atoms with Crippen LogP contribution < -0.4 is 10.2 Å². The van der Waals surface area contributed by atoms with E-state index in [-0.39, 0.29) is 12.1 Å². The first kappa shape index (κ1) is 16.5. The van der Waals surface area contributed by atoms with Gasteiger partial charge in [-0.15, -0.1) is 0 Å². The summed E-state index contributed by atoms with van der Waals surface area (Å²) in [5, 5.41) is 3.09. The maximum Gasteiger partial charge on any atom is 0.224 e. The lowest BCUT2D eigenvalue weighted by atomic mass is 10.2. The van der Waals surface area contributed by atoms with Gasteiger partial charge in [0.2, 0.25) is 5.95 Å². The smallest absolute Gasteiger partial charge is 0.224 e. The van der Waals surface area contributed by atoms with E-state index in [1.54, 1.807) is 6.20 Å². The number of hydrogen-bond donors (Lipinski definition) is 1. The van der Waals surface area contributed by atoms with Crippen molar-refractivity contribution >= 4 is 11.8 Å². The highest BCUT2D eigenvalue weighted by molar-refractivity contribution is 5.42. The van der Waals surface area contributed by atoms with Gasteiger partial charge in [0.25, 0.3) is 0 Å². The highest BCUT2D eigenvalue weighted by atomic mass is 19.1. The number of nitrogens with one attached hydrogen (secondary N) is 1. The molecule has 2 aromatic heterocycles. The van der Waals surface area contributed by atoms with Crippen LogP contribution in [0.1, 0.15) is 12.5 Å². The van der Waals surface area contributed by atoms with Crippen LogP contribution in [-0.4, -0.2) is 52.6 Å². The Morgan fingerprint density at radius 1 is 1.12 bits per heavy atom. The molecule has 128 valence electrons. The summed E-state index contributed by atoms with van der Waals surface area (Å²) < 4.78 is 27.4. The van der Waals surface area contributed by atoms with E-state index in [9.17, 15) is 8.78 Å². The Hall–Kier alpha value is -2.35. The Balaban J connectivity index is 1.61. The topological polar surface area (TPSA) is 57.2 Å². The second kappa shape index (κ2) is 7.48. The van der Waals surface area contributed by atoms with E-state index in [2.05, 4.69) is 25.2 Å². The van der Waals surface area contributed by atoms with Crippen LogP contribution >= 0.6 is 0 Å². The standard InChI is InChI=1S/C16H20F2N6/c1-2-20-16-21-4-3-15(22-16)24-7-5-23(6-8-24)11-12-13(17)9-19-10-14(12)18/h3-4,9-10H,2,5-8,11H2,1H3,(H,20,21,22). The maximum atomic E-state index is 13.7. The van der Waals surface area contributed by atoms with Gasteiger partial charge in [-0.25, -0.2) is 13.8 Å². The minimum Gasteiger partial charge on any atom is -0.354 e. The first-order valence-corrected chi connectivity index (χ1v) is 7.99. The largest absolute Gasteiger partial charge is 0.354 e. The normalized spacial score (nSPS) is 15.5. The van der Waals surface area contributed by atoms with E-state index in [4.69, 9.17) is 0 Å². The summed E-state index contributed by atoms with van der Waals surface area (Å²) in [6.45, 7) is 5.92. The molecule has 0 aliphatic carbocycles. The fourth-order valence-corrected chi connectivity index (χ4v) is 2.72. The Morgan fingerprint density at radius 2 is 1.83 bits per heavy atom. The molecule has 0 aromatic carbocycles. The molecule has 0 radical (unpaired) electrons. The summed E-state index contributed by atoms with van der Waals surface area (Å²) in [4.78, 5) is 16.3. The van der Waals surface area contributed by atoms with Gasteiger partial charge in [0.15, 0.2) is 0 Å². The number of aromatic nitrogens is 3. The van der Waals surface area contributed by atoms with Crippen molar-refractivity contribution in [2.45, 2.75) is 13.5 Å². The number of nitrogens with zero attached hydrogens (tertiary/aromatic N) is 5. The van der Waals surface area contributed by atoms with Gasteiger partial charge in [-0.05, 0) is 13.0 Å². The molecule has 1 N–H and O–H groups in total. The van der Waals surface area contributed by atoms with E-state index in [0.29, 0.717) is 19.0 Å². The summed E-state index contributed by atoms with van der Waals surface area (Å²) >= 11 is 0. The number of piperazine rings is 1. The second-order valence-electron chi connectivity index (χ2n) is 5.61. The van der Waals surface area contributed by atoms with Crippen molar-refractivity contribution in [3.8, 4) is 0 Å².